The van der Waals surface area contributed by atoms with Crippen LogP contribution in [0.4, 0.5) is 8.78 Å². The molecule has 0 saturated carbocycles. The summed E-state index contributed by atoms with van der Waals surface area (Å²) in [4.78, 5) is 0. The molecule has 5 heteroatoms. The zero-order valence-electron chi connectivity index (χ0n) is 5.50. The van der Waals surface area contributed by atoms with E-state index in [1.54, 1.807) is 0 Å². The largest absolute Gasteiger partial charge is 0.345 e. The minimum Gasteiger partial charge on any atom is -0.316 e. The molecule has 0 amide bonds. The predicted octanol–water partition coefficient (Wildman–Crippen LogP) is 1.02. The van der Waals surface area contributed by atoms with E-state index < -0.39 is 6.61 Å². The van der Waals surface area contributed by atoms with Gasteiger partial charge in [-0.25, -0.2) is 0 Å². The van der Waals surface area contributed by atoms with Crippen LogP contribution in [0.15, 0.2) is 12.1 Å². The van der Waals surface area contributed by atoms with Crippen molar-refractivity contribution in [2.75, 3.05) is 0 Å². The van der Waals surface area contributed by atoms with Crippen LogP contribution in [0.3, 0.4) is 0 Å². The van der Waals surface area contributed by atoms with Gasteiger partial charge in [-0.2, -0.15) is 13.9 Å². The van der Waals surface area contributed by atoms with Gasteiger partial charge in [-0.05, 0) is 12.1 Å². The normalized spacial score (nSPS) is 10.5. The first-order valence-electron chi connectivity index (χ1n) is 2.87. The quantitative estimate of drug-likeness (QED) is 0.660. The summed E-state index contributed by atoms with van der Waals surface area (Å²) in [6.07, 6.45) is 2.42. The molecule has 0 aromatic carbocycles. The fraction of sp³-hybridized carbons (Fsp3) is 0.333. The summed E-state index contributed by atoms with van der Waals surface area (Å²) in [6, 6.07) is 2.99. The van der Waals surface area contributed by atoms with Gasteiger partial charge in [0.2, 0.25) is 0 Å². The Kier molecular flexibility index (Phi) is 2.85. The van der Waals surface area contributed by atoms with E-state index in [1.807, 2.05) is 0 Å². The topological polar surface area (TPSA) is 35.0 Å². The zero-order chi connectivity index (χ0) is 8.10. The van der Waals surface area contributed by atoms with Crippen molar-refractivity contribution in [1.29, 1.82) is 0 Å². The van der Waals surface area contributed by atoms with Crippen LogP contribution in [-0.4, -0.2) is 16.8 Å². The third kappa shape index (κ3) is 2.99. The summed E-state index contributed by atoms with van der Waals surface area (Å²) >= 11 is 0. The number of hydrogen-bond acceptors (Lipinski definition) is 3. The lowest BCUT2D eigenvalue weighted by atomic mass is 10.4. The maximum atomic E-state index is 11.4. The molecule has 3 nitrogen and oxygen atoms in total. The van der Waals surface area contributed by atoms with Gasteiger partial charge >= 0.3 is 6.61 Å². The molecule has 1 heterocycles. The van der Waals surface area contributed by atoms with Crippen LogP contribution < -0.4 is 0 Å². The second-order valence-corrected chi connectivity index (χ2v) is 1.73. The summed E-state index contributed by atoms with van der Waals surface area (Å²) < 4.78 is 26.9. The Morgan fingerprint density at radius 2 is 2.45 bits per heavy atom. The van der Waals surface area contributed by atoms with Gasteiger partial charge in [0.25, 0.3) is 0 Å². The van der Waals surface area contributed by atoms with Gasteiger partial charge < -0.3 is 4.74 Å². The molecule has 0 unspecified atom stereocenters. The fourth-order valence-corrected chi connectivity index (χ4v) is 0.519. The maximum Gasteiger partial charge on any atom is 0.345 e. The number of hydrogen-bond donors (Lipinski definition) is 0. The number of alkyl halides is 2. The average Bonchev–Trinajstić information content (AvgIpc) is 2.03. The number of halogens is 2. The van der Waals surface area contributed by atoms with Gasteiger partial charge in [-0.1, -0.05) is 0 Å². The van der Waals surface area contributed by atoms with Crippen molar-refractivity contribution < 1.29 is 13.5 Å². The lowest BCUT2D eigenvalue weighted by Gasteiger charge is -1.99. The summed E-state index contributed by atoms with van der Waals surface area (Å²) in [5, 5.41) is 6.85. The van der Waals surface area contributed by atoms with Gasteiger partial charge in [-0.15, -0.1) is 5.10 Å². The van der Waals surface area contributed by atoms with E-state index in [0.717, 1.165) is 0 Å². The predicted molar refractivity (Wildman–Crippen MR) is 31.7 cm³/mol. The van der Waals surface area contributed by atoms with E-state index in [-0.39, 0.29) is 6.61 Å². The molecule has 1 radical (unpaired) electrons. The van der Waals surface area contributed by atoms with Gasteiger partial charge in [0.05, 0.1) is 12.3 Å². The maximum absolute atomic E-state index is 11.4. The monoisotopic (exact) mass is 159 g/mol. The van der Waals surface area contributed by atoms with Crippen molar-refractivity contribution in [2.24, 2.45) is 0 Å². The van der Waals surface area contributed by atoms with Crippen molar-refractivity contribution in [3.8, 4) is 0 Å². The van der Waals surface area contributed by atoms with Crippen LogP contribution in [0.25, 0.3) is 0 Å². The third-order valence-electron chi connectivity index (χ3n) is 0.944. The molecular weight excluding hydrogens is 154 g/mol. The number of aromatic nitrogens is 2. The minimum absolute atomic E-state index is 0.223. The molecule has 0 spiro atoms. The lowest BCUT2D eigenvalue weighted by Crippen LogP contribution is -2.01. The highest BCUT2D eigenvalue weighted by Crippen LogP contribution is 2.00. The summed E-state index contributed by atoms with van der Waals surface area (Å²) in [5.41, 5.74) is 0.365. The average molecular weight is 159 g/mol. The number of rotatable bonds is 3. The number of ether oxygens (including phenoxy) is 1. The SMILES string of the molecule is FC(F)OCc1cc[c]nn1. The Hall–Kier alpha value is -1.10. The van der Waals surface area contributed by atoms with E-state index in [1.165, 1.54) is 12.1 Å². The molecule has 0 aliphatic rings. The lowest BCUT2D eigenvalue weighted by molar-refractivity contribution is -0.138. The van der Waals surface area contributed by atoms with Gasteiger partial charge in [0, 0.05) is 0 Å². The van der Waals surface area contributed by atoms with Crippen molar-refractivity contribution in [3.05, 3.63) is 24.0 Å². The fourth-order valence-electron chi connectivity index (χ4n) is 0.519. The Bertz CT molecular complexity index is 205. The summed E-state index contributed by atoms with van der Waals surface area (Å²) in [7, 11) is 0. The van der Waals surface area contributed by atoms with Gasteiger partial charge in [0.1, 0.15) is 6.20 Å². The molecule has 0 N–H and O–H groups in total. The highest BCUT2D eigenvalue weighted by atomic mass is 19.3. The van der Waals surface area contributed by atoms with E-state index in [4.69, 9.17) is 0 Å². The van der Waals surface area contributed by atoms with E-state index >= 15 is 0 Å². The van der Waals surface area contributed by atoms with Crippen LogP contribution in [-0.2, 0) is 11.3 Å². The standard InChI is InChI=1S/C6H5F2N2O/c7-6(8)11-4-5-2-1-3-9-10-5/h1-2,6H,4H2. The molecule has 0 atom stereocenters. The third-order valence-corrected chi connectivity index (χ3v) is 0.944. The molecule has 11 heavy (non-hydrogen) atoms. The molecule has 0 saturated heterocycles. The van der Waals surface area contributed by atoms with E-state index in [0.29, 0.717) is 5.69 Å². The Labute approximate surface area is 62.0 Å². The Morgan fingerprint density at radius 1 is 1.64 bits per heavy atom. The minimum atomic E-state index is -2.76. The zero-order valence-corrected chi connectivity index (χ0v) is 5.50. The van der Waals surface area contributed by atoms with Crippen molar-refractivity contribution >= 4 is 0 Å². The highest BCUT2D eigenvalue weighted by molar-refractivity contribution is 4.96. The Balaban J connectivity index is 2.39. The molecule has 0 aliphatic carbocycles. The van der Waals surface area contributed by atoms with E-state index in [2.05, 4.69) is 21.1 Å². The first kappa shape index (κ1) is 8.00. The van der Waals surface area contributed by atoms with Gasteiger partial charge in [0.15, 0.2) is 0 Å². The van der Waals surface area contributed by atoms with Crippen LogP contribution in [0.1, 0.15) is 5.69 Å². The van der Waals surface area contributed by atoms with Crippen LogP contribution in [0.2, 0.25) is 0 Å². The molecule has 0 fully saturated rings. The summed E-state index contributed by atoms with van der Waals surface area (Å²) in [5.74, 6) is 0. The van der Waals surface area contributed by atoms with Crippen molar-refractivity contribution in [1.82, 2.24) is 10.2 Å². The van der Waals surface area contributed by atoms with Crippen molar-refractivity contribution in [3.63, 3.8) is 0 Å². The molecule has 0 bridgehead atoms. The molecule has 1 rings (SSSR count). The molecule has 1 aromatic rings. The van der Waals surface area contributed by atoms with Crippen LogP contribution in [0.5, 0.6) is 0 Å². The molecule has 1 aromatic heterocycles. The second-order valence-electron chi connectivity index (χ2n) is 1.73. The van der Waals surface area contributed by atoms with Crippen LogP contribution in [0, 0.1) is 6.20 Å². The first-order valence-corrected chi connectivity index (χ1v) is 2.87. The molecular formula is C6H5F2N2O. The van der Waals surface area contributed by atoms with Crippen LogP contribution >= 0.6 is 0 Å². The van der Waals surface area contributed by atoms with Gasteiger partial charge in [-0.3, -0.25) is 0 Å². The molecule has 0 aliphatic heterocycles. The first-order chi connectivity index (χ1) is 5.29. The van der Waals surface area contributed by atoms with Crippen molar-refractivity contribution in [2.45, 2.75) is 13.2 Å². The smallest absolute Gasteiger partial charge is 0.316 e. The Morgan fingerprint density at radius 3 is 3.00 bits per heavy atom. The molecule has 59 valence electrons. The second kappa shape index (κ2) is 3.92. The number of nitrogens with zero attached hydrogens (tertiary/aromatic N) is 2. The summed E-state index contributed by atoms with van der Waals surface area (Å²) in [6.45, 7) is -2.99. The highest BCUT2D eigenvalue weighted by Gasteiger charge is 2.02. The van der Waals surface area contributed by atoms with E-state index in [9.17, 15) is 8.78 Å².